The molecule has 1 N–H and O–H groups in total. The van der Waals surface area contributed by atoms with E-state index in [9.17, 15) is 19.0 Å². The first-order valence-electron chi connectivity index (χ1n) is 23.2. The van der Waals surface area contributed by atoms with Crippen molar-refractivity contribution in [1.29, 1.82) is 0 Å². The highest BCUT2D eigenvalue weighted by Crippen LogP contribution is 2.45. The van der Waals surface area contributed by atoms with Crippen LogP contribution in [0.2, 0.25) is 0 Å². The fourth-order valence-corrected chi connectivity index (χ4v) is 8.49. The van der Waals surface area contributed by atoms with Crippen LogP contribution in [-0.4, -0.2) is 124 Å². The van der Waals surface area contributed by atoms with Crippen LogP contribution in [-0.2, 0) is 51.6 Å². The maximum atomic E-state index is 12.8. The van der Waals surface area contributed by atoms with Crippen molar-refractivity contribution < 1.29 is 61.0 Å². The molecule has 0 aromatic carbocycles. The molecule has 0 radical (unpaired) electrons. The van der Waals surface area contributed by atoms with Crippen molar-refractivity contribution in [2.45, 2.75) is 223 Å². The minimum atomic E-state index is -4.41. The monoisotopic (exact) mass is 847 g/mol. The number of phosphoric acid groups is 1. The first-order chi connectivity index (χ1) is 27.9. The first kappa shape index (κ1) is 49.5. The summed E-state index contributed by atoms with van der Waals surface area (Å²) in [4.78, 5) is 35.6. The van der Waals surface area contributed by atoms with E-state index in [1.165, 1.54) is 89.9 Å². The lowest BCUT2D eigenvalue weighted by Crippen LogP contribution is -2.37. The third kappa shape index (κ3) is 22.6. The highest BCUT2D eigenvalue weighted by molar-refractivity contribution is 7.47. The fraction of sp³-hybridized carbons (Fsp3) is 0.955. The van der Waals surface area contributed by atoms with Crippen molar-refractivity contribution in [3.63, 3.8) is 0 Å². The highest BCUT2D eigenvalue weighted by atomic mass is 31.2. The predicted molar refractivity (Wildman–Crippen MR) is 222 cm³/mol. The summed E-state index contributed by atoms with van der Waals surface area (Å²) in [5, 5.41) is 0. The molecule has 338 valence electrons. The average molecular weight is 847 g/mol. The Labute approximate surface area is 350 Å². The SMILES string of the molecule is CCCCCCCCCCCCCCCC(=O)OCC(COP(=O)(O)OCC[N+](C)(C)C)OC(=O)CCCC1OC1CC1OC1CC1OC1CC1OC1CCCCC. The Morgan fingerprint density at radius 1 is 0.569 bits per heavy atom. The number of hydrogen-bond acceptors (Lipinski definition) is 11. The van der Waals surface area contributed by atoms with E-state index in [-0.39, 0.29) is 56.6 Å². The van der Waals surface area contributed by atoms with Crippen molar-refractivity contribution in [2.24, 2.45) is 0 Å². The summed E-state index contributed by atoms with van der Waals surface area (Å²) >= 11 is 0. The molecule has 0 aromatic heterocycles. The normalized spacial score (nSPS) is 27.5. The first-order valence-corrected chi connectivity index (χ1v) is 24.7. The molecule has 4 rings (SSSR count). The lowest BCUT2D eigenvalue weighted by Gasteiger charge is -2.24. The number of likely N-dealkylation sites (N-methyl/N-ethyl adjacent to an activating group) is 1. The zero-order valence-corrected chi connectivity index (χ0v) is 37.7. The lowest BCUT2D eigenvalue weighted by atomic mass is 10.0. The second-order valence-electron chi connectivity index (χ2n) is 18.3. The minimum absolute atomic E-state index is 0.0128. The number of rotatable bonds is 38. The van der Waals surface area contributed by atoms with Gasteiger partial charge in [-0.05, 0) is 25.7 Å². The number of phosphoric ester groups is 1. The van der Waals surface area contributed by atoms with Crippen LogP contribution in [0.4, 0.5) is 0 Å². The molecule has 0 spiro atoms. The van der Waals surface area contributed by atoms with E-state index in [1.807, 2.05) is 21.1 Å². The highest BCUT2D eigenvalue weighted by Gasteiger charge is 2.53. The number of hydrogen-bond donors (Lipinski definition) is 1. The number of epoxide rings is 4. The van der Waals surface area contributed by atoms with Gasteiger partial charge in [-0.25, -0.2) is 4.57 Å². The second kappa shape index (κ2) is 26.4. The number of nitrogens with zero attached hydrogens (tertiary/aromatic N) is 1. The summed E-state index contributed by atoms with van der Waals surface area (Å²) in [6.07, 6.45) is 26.2. The summed E-state index contributed by atoms with van der Waals surface area (Å²) in [5.41, 5.74) is 0. The minimum Gasteiger partial charge on any atom is -0.462 e. The van der Waals surface area contributed by atoms with E-state index < -0.39 is 32.5 Å². The summed E-state index contributed by atoms with van der Waals surface area (Å²) in [6, 6.07) is 0. The molecule has 4 aliphatic rings. The van der Waals surface area contributed by atoms with Gasteiger partial charge < -0.3 is 37.8 Å². The van der Waals surface area contributed by atoms with Gasteiger partial charge >= 0.3 is 19.8 Å². The molecule has 13 nitrogen and oxygen atoms in total. The molecule has 4 saturated heterocycles. The van der Waals surface area contributed by atoms with Crippen LogP contribution in [0, 0.1) is 0 Å². The average Bonchev–Trinajstić information content (AvgIpc) is 4.00. The number of carbonyl (C=O) groups excluding carboxylic acids is 2. The van der Waals surface area contributed by atoms with Gasteiger partial charge in [0.2, 0.25) is 0 Å². The van der Waals surface area contributed by atoms with Gasteiger partial charge in [-0.2, -0.15) is 0 Å². The Hall–Kier alpha value is -1.15. The zero-order valence-electron chi connectivity index (χ0n) is 36.8. The van der Waals surface area contributed by atoms with Crippen LogP contribution >= 0.6 is 7.82 Å². The van der Waals surface area contributed by atoms with Crippen LogP contribution < -0.4 is 0 Å². The Bertz CT molecular complexity index is 1220. The van der Waals surface area contributed by atoms with Gasteiger partial charge in [0.15, 0.2) is 6.10 Å². The molecule has 0 aromatic rings. The zero-order chi connectivity index (χ0) is 41.8. The van der Waals surface area contributed by atoms with E-state index >= 15 is 0 Å². The molecule has 14 heteroatoms. The number of ether oxygens (including phenoxy) is 6. The van der Waals surface area contributed by atoms with Gasteiger partial charge in [-0.15, -0.1) is 0 Å². The second-order valence-corrected chi connectivity index (χ2v) is 19.8. The van der Waals surface area contributed by atoms with Gasteiger partial charge in [0.25, 0.3) is 0 Å². The molecule has 4 aliphatic heterocycles. The molecule has 10 atom stereocenters. The van der Waals surface area contributed by atoms with E-state index in [0.29, 0.717) is 42.2 Å². The summed E-state index contributed by atoms with van der Waals surface area (Å²) in [6.45, 7) is 4.28. The summed E-state index contributed by atoms with van der Waals surface area (Å²) in [7, 11) is 1.41. The van der Waals surface area contributed by atoms with Crippen LogP contribution in [0.25, 0.3) is 0 Å². The third-order valence-electron chi connectivity index (χ3n) is 11.8. The number of carbonyl (C=O) groups is 2. The Morgan fingerprint density at radius 2 is 1.00 bits per heavy atom. The molecule has 10 unspecified atom stereocenters. The van der Waals surface area contributed by atoms with E-state index in [4.69, 9.17) is 37.5 Å². The lowest BCUT2D eigenvalue weighted by molar-refractivity contribution is -0.870. The predicted octanol–water partition coefficient (Wildman–Crippen LogP) is 8.75. The van der Waals surface area contributed by atoms with Crippen LogP contribution in [0.3, 0.4) is 0 Å². The van der Waals surface area contributed by atoms with Crippen molar-refractivity contribution >= 4 is 19.8 Å². The molecule has 0 aliphatic carbocycles. The molecule has 0 saturated carbocycles. The number of esters is 2. The van der Waals surface area contributed by atoms with E-state index in [1.54, 1.807) is 0 Å². The van der Waals surface area contributed by atoms with Crippen molar-refractivity contribution in [1.82, 2.24) is 0 Å². The van der Waals surface area contributed by atoms with Crippen LogP contribution in [0.1, 0.15) is 168 Å². The summed E-state index contributed by atoms with van der Waals surface area (Å²) in [5.74, 6) is -0.886. The van der Waals surface area contributed by atoms with Crippen molar-refractivity contribution in [3.05, 3.63) is 0 Å². The van der Waals surface area contributed by atoms with Crippen molar-refractivity contribution in [3.8, 4) is 0 Å². The van der Waals surface area contributed by atoms with Gasteiger partial charge in [-0.3, -0.25) is 18.6 Å². The number of quaternary nitrogens is 1. The molecule has 0 bridgehead atoms. The van der Waals surface area contributed by atoms with Crippen molar-refractivity contribution in [2.75, 3.05) is 47.5 Å². The quantitative estimate of drug-likeness (QED) is 0.0207. The number of unbranched alkanes of at least 4 members (excludes halogenated alkanes) is 14. The maximum absolute atomic E-state index is 12.8. The maximum Gasteiger partial charge on any atom is 0.472 e. The molecule has 58 heavy (non-hydrogen) atoms. The summed E-state index contributed by atoms with van der Waals surface area (Å²) < 4.78 is 58.0. The van der Waals surface area contributed by atoms with Crippen LogP contribution in [0.5, 0.6) is 0 Å². The molecular weight excluding hydrogens is 765 g/mol. The topological polar surface area (TPSA) is 158 Å². The molecule has 4 heterocycles. The van der Waals surface area contributed by atoms with Gasteiger partial charge in [0.05, 0.1) is 76.6 Å². The fourth-order valence-electron chi connectivity index (χ4n) is 7.75. The van der Waals surface area contributed by atoms with Gasteiger partial charge in [0.1, 0.15) is 19.8 Å². The Kier molecular flexibility index (Phi) is 22.5. The Morgan fingerprint density at radius 3 is 1.52 bits per heavy atom. The van der Waals surface area contributed by atoms with Gasteiger partial charge in [-0.1, -0.05) is 110 Å². The van der Waals surface area contributed by atoms with E-state index in [0.717, 1.165) is 38.5 Å². The van der Waals surface area contributed by atoms with E-state index in [2.05, 4.69) is 13.8 Å². The Balaban J connectivity index is 1.05. The largest absolute Gasteiger partial charge is 0.472 e. The molecule has 4 fully saturated rings. The standard InChI is InChI=1S/C44H80NO12P/c1-6-8-10-11-12-13-14-15-16-17-18-19-21-25-43(46)50-32-34(33-52-58(48,49)51-28-27-45(3,4)5)53-44(47)26-22-24-36-38(55-36)30-40-42(57-40)31-41-39(56-41)29-37-35(54-37)23-20-9-7-2/h34-42H,6-33H2,1-5H3/p+1. The molecular formula is C44H81NO12P+. The third-order valence-corrected chi connectivity index (χ3v) is 12.7. The van der Waals surface area contributed by atoms with Gasteiger partial charge in [0, 0.05) is 32.1 Å². The molecule has 0 amide bonds. The smallest absolute Gasteiger partial charge is 0.462 e. The van der Waals surface area contributed by atoms with Crippen LogP contribution in [0.15, 0.2) is 0 Å².